The van der Waals surface area contributed by atoms with Crippen molar-refractivity contribution in [3.05, 3.63) is 60.4 Å². The highest BCUT2D eigenvalue weighted by atomic mass is 16.8. The topological polar surface area (TPSA) is 127 Å². The molecular weight excluding hydrogens is 336 g/mol. The van der Waals surface area contributed by atoms with E-state index < -0.39 is 0 Å². The largest absolute Gasteiger partial charge is 0.324 e. The van der Waals surface area contributed by atoms with Gasteiger partial charge in [-0.15, -0.1) is 5.10 Å². The van der Waals surface area contributed by atoms with Gasteiger partial charge in [0.2, 0.25) is 5.91 Å². The van der Waals surface area contributed by atoms with Crippen LogP contribution in [0.25, 0.3) is 11.1 Å². The normalized spacial score (nSPS) is 10.2. The first-order chi connectivity index (χ1) is 12.5. The predicted molar refractivity (Wildman–Crippen MR) is 91.3 cm³/mol. The van der Waals surface area contributed by atoms with E-state index in [2.05, 4.69) is 21.5 Å². The highest BCUT2D eigenvalue weighted by Crippen LogP contribution is 2.21. The van der Waals surface area contributed by atoms with E-state index in [-0.39, 0.29) is 23.6 Å². The Morgan fingerprint density at radius 2 is 1.73 bits per heavy atom. The molecule has 0 radical (unpaired) electrons. The van der Waals surface area contributed by atoms with Gasteiger partial charge in [0.15, 0.2) is 0 Å². The van der Waals surface area contributed by atoms with Crippen molar-refractivity contribution < 1.29 is 15.2 Å². The Balaban J connectivity index is 1.62. The second kappa shape index (κ2) is 7.43. The number of carbonyl (C=O) groups excluding carboxylic acids is 1. The lowest BCUT2D eigenvalue weighted by Gasteiger charge is -2.07. The van der Waals surface area contributed by atoms with Crippen LogP contribution in [0.4, 0.5) is 11.6 Å². The summed E-state index contributed by atoms with van der Waals surface area (Å²) in [6, 6.07) is 16.5. The molecule has 0 aliphatic heterocycles. The van der Waals surface area contributed by atoms with Gasteiger partial charge in [0.1, 0.15) is 12.9 Å². The second-order valence-corrected chi connectivity index (χ2v) is 5.35. The Hall–Kier alpha value is -3.74. The van der Waals surface area contributed by atoms with E-state index >= 15 is 0 Å². The molecular formula is C17H14N6O3. The second-order valence-electron chi connectivity index (χ2n) is 5.35. The molecule has 0 saturated heterocycles. The molecule has 3 aromatic rings. The van der Waals surface area contributed by atoms with Gasteiger partial charge in [0.05, 0.1) is 11.6 Å². The summed E-state index contributed by atoms with van der Waals surface area (Å²) in [7, 11) is 0. The Labute approximate surface area is 148 Å². The number of nitrogens with one attached hydrogen (secondary N) is 1. The number of amides is 1. The number of nitriles is 1. The van der Waals surface area contributed by atoms with Crippen LogP contribution < -0.4 is 10.5 Å². The average molecular weight is 350 g/mol. The van der Waals surface area contributed by atoms with Gasteiger partial charge < -0.3 is 5.32 Å². The maximum absolute atomic E-state index is 12.0. The molecule has 0 aliphatic rings. The molecule has 1 amide bonds. The zero-order valence-corrected chi connectivity index (χ0v) is 13.4. The summed E-state index contributed by atoms with van der Waals surface area (Å²) in [5, 5.41) is 32.6. The quantitative estimate of drug-likeness (QED) is 0.601. The maximum atomic E-state index is 12.0. The molecule has 9 nitrogen and oxygen atoms in total. The van der Waals surface area contributed by atoms with Gasteiger partial charge in [0.25, 0.3) is 5.95 Å². The van der Waals surface area contributed by atoms with E-state index in [0.29, 0.717) is 11.3 Å². The monoisotopic (exact) mass is 350 g/mol. The van der Waals surface area contributed by atoms with E-state index in [0.717, 1.165) is 11.1 Å². The minimum atomic E-state index is -0.338. The molecule has 1 aromatic heterocycles. The fourth-order valence-electron chi connectivity index (χ4n) is 2.28. The molecule has 0 unspecified atom stereocenters. The van der Waals surface area contributed by atoms with E-state index in [1.165, 1.54) is 11.0 Å². The van der Waals surface area contributed by atoms with E-state index in [9.17, 15) is 4.79 Å². The molecule has 0 bridgehead atoms. The van der Waals surface area contributed by atoms with Gasteiger partial charge in [0, 0.05) is 5.69 Å². The summed E-state index contributed by atoms with van der Waals surface area (Å²) >= 11 is 0. The van der Waals surface area contributed by atoms with Crippen LogP contribution >= 0.6 is 0 Å². The third kappa shape index (κ3) is 4.02. The minimum absolute atomic E-state index is 0.127. The lowest BCUT2D eigenvalue weighted by molar-refractivity contribution is -0.116. The SMILES string of the molecule is N#Cc1ccc(-c2ccc(NC(=O)Cn3cnc(N(O)O)n3)cc2)cc1. The van der Waals surface area contributed by atoms with Crippen molar-refractivity contribution in [1.29, 1.82) is 5.26 Å². The van der Waals surface area contributed by atoms with Crippen LogP contribution in [0.3, 0.4) is 0 Å². The van der Waals surface area contributed by atoms with E-state index in [1.807, 2.05) is 24.3 Å². The van der Waals surface area contributed by atoms with E-state index in [4.69, 9.17) is 15.7 Å². The number of hydrogen-bond acceptors (Lipinski definition) is 7. The number of nitrogens with zero attached hydrogens (tertiary/aromatic N) is 5. The van der Waals surface area contributed by atoms with Gasteiger partial charge in [-0.3, -0.25) is 15.2 Å². The van der Waals surface area contributed by atoms with Gasteiger partial charge >= 0.3 is 0 Å². The third-order valence-corrected chi connectivity index (χ3v) is 3.52. The van der Waals surface area contributed by atoms with Crippen molar-refractivity contribution in [2.75, 3.05) is 10.5 Å². The zero-order valence-electron chi connectivity index (χ0n) is 13.4. The van der Waals surface area contributed by atoms with Crippen molar-refractivity contribution in [2.24, 2.45) is 0 Å². The number of anilines is 2. The van der Waals surface area contributed by atoms with Gasteiger partial charge in [-0.2, -0.15) is 10.2 Å². The summed E-state index contributed by atoms with van der Waals surface area (Å²) in [6.07, 6.45) is 1.21. The fraction of sp³-hybridized carbons (Fsp3) is 0.0588. The standard InChI is InChI=1S/C17H14N6O3/c18-9-12-1-3-13(4-2-12)14-5-7-15(8-6-14)20-16(24)10-22-11-19-17(21-22)23(25)26/h1-8,11,25-26H,10H2,(H,20,24). The molecule has 9 heteroatoms. The zero-order chi connectivity index (χ0) is 18.5. The first kappa shape index (κ1) is 17.1. The van der Waals surface area contributed by atoms with Gasteiger partial charge in [-0.05, 0) is 35.4 Å². The van der Waals surface area contributed by atoms with Crippen LogP contribution in [0.15, 0.2) is 54.9 Å². The minimum Gasteiger partial charge on any atom is -0.324 e. The number of rotatable bonds is 5. The number of aromatic nitrogens is 3. The Kier molecular flexibility index (Phi) is 4.89. The average Bonchev–Trinajstić information content (AvgIpc) is 3.11. The molecule has 0 atom stereocenters. The summed E-state index contributed by atoms with van der Waals surface area (Å²) < 4.78 is 1.18. The van der Waals surface area contributed by atoms with Crippen molar-refractivity contribution in [3.63, 3.8) is 0 Å². The molecule has 0 spiro atoms. The molecule has 130 valence electrons. The lowest BCUT2D eigenvalue weighted by Crippen LogP contribution is -2.19. The first-order valence-electron chi connectivity index (χ1n) is 7.53. The van der Waals surface area contributed by atoms with Crippen molar-refractivity contribution >= 4 is 17.5 Å². The van der Waals surface area contributed by atoms with Gasteiger partial charge in [-0.1, -0.05) is 29.5 Å². The van der Waals surface area contributed by atoms with Crippen LogP contribution in [0.5, 0.6) is 0 Å². The lowest BCUT2D eigenvalue weighted by atomic mass is 10.0. The van der Waals surface area contributed by atoms with Crippen molar-refractivity contribution in [1.82, 2.24) is 14.8 Å². The summed E-state index contributed by atoms with van der Waals surface area (Å²) in [5.74, 6) is -0.667. The predicted octanol–water partition coefficient (Wildman–Crippen LogP) is 2.04. The van der Waals surface area contributed by atoms with Crippen LogP contribution in [0.1, 0.15) is 5.56 Å². The molecule has 0 saturated carbocycles. The smallest absolute Gasteiger partial charge is 0.295 e. The highest BCUT2D eigenvalue weighted by molar-refractivity contribution is 5.90. The van der Waals surface area contributed by atoms with Crippen molar-refractivity contribution in [3.8, 4) is 17.2 Å². The summed E-state index contributed by atoms with van der Waals surface area (Å²) in [6.45, 7) is -0.127. The Bertz CT molecular complexity index is 942. The Morgan fingerprint density at radius 1 is 1.12 bits per heavy atom. The molecule has 2 aromatic carbocycles. The summed E-state index contributed by atoms with van der Waals surface area (Å²) in [5.41, 5.74) is 3.13. The van der Waals surface area contributed by atoms with Crippen molar-refractivity contribution in [2.45, 2.75) is 6.54 Å². The van der Waals surface area contributed by atoms with Crippen LogP contribution in [-0.4, -0.2) is 31.1 Å². The molecule has 0 aliphatic carbocycles. The van der Waals surface area contributed by atoms with Crippen LogP contribution in [0.2, 0.25) is 0 Å². The van der Waals surface area contributed by atoms with E-state index in [1.54, 1.807) is 24.3 Å². The van der Waals surface area contributed by atoms with Crippen LogP contribution in [0, 0.1) is 11.3 Å². The fourth-order valence-corrected chi connectivity index (χ4v) is 2.28. The van der Waals surface area contributed by atoms with Gasteiger partial charge in [-0.25, -0.2) is 4.68 Å². The molecule has 0 fully saturated rings. The number of benzene rings is 2. The molecule has 3 N–H and O–H groups in total. The first-order valence-corrected chi connectivity index (χ1v) is 7.53. The maximum Gasteiger partial charge on any atom is 0.295 e. The third-order valence-electron chi connectivity index (χ3n) is 3.52. The molecule has 3 rings (SSSR count). The Morgan fingerprint density at radius 3 is 2.27 bits per heavy atom. The number of carbonyl (C=O) groups is 1. The van der Waals surface area contributed by atoms with Crippen LogP contribution in [-0.2, 0) is 11.3 Å². The highest BCUT2D eigenvalue weighted by Gasteiger charge is 2.09. The molecule has 26 heavy (non-hydrogen) atoms. The summed E-state index contributed by atoms with van der Waals surface area (Å²) in [4.78, 5) is 15.6. The molecule has 1 heterocycles. The number of hydrogen-bond donors (Lipinski definition) is 3.